The molecule has 1 atom stereocenters. The Bertz CT molecular complexity index is 430. The number of halogens is 2. The minimum Gasteiger partial charge on any atom is -0.329 e. The molecule has 1 aromatic carbocycles. The lowest BCUT2D eigenvalue weighted by molar-refractivity contribution is 0.129. The summed E-state index contributed by atoms with van der Waals surface area (Å²) in [7, 11) is 0. The molecule has 0 amide bonds. The Morgan fingerprint density at radius 2 is 2.10 bits per heavy atom. The molecule has 112 valence electrons. The van der Waals surface area contributed by atoms with Crippen molar-refractivity contribution in [1.29, 1.82) is 0 Å². The van der Waals surface area contributed by atoms with Gasteiger partial charge in [-0.3, -0.25) is 4.90 Å². The summed E-state index contributed by atoms with van der Waals surface area (Å²) in [5.74, 6) is 0.611. The number of nitrogens with two attached hydrogens (primary N) is 1. The second-order valence-electron chi connectivity index (χ2n) is 5.69. The highest BCUT2D eigenvalue weighted by atomic mass is 35.5. The van der Waals surface area contributed by atoms with Gasteiger partial charge in [-0.2, -0.15) is 0 Å². The molecule has 0 radical (unpaired) electrons. The lowest BCUT2D eigenvalue weighted by atomic mass is 9.91. The predicted molar refractivity (Wildman–Crippen MR) is 82.4 cm³/mol. The molecule has 1 unspecified atom stereocenters. The van der Waals surface area contributed by atoms with E-state index in [1.165, 1.54) is 31.7 Å². The monoisotopic (exact) mass is 298 g/mol. The van der Waals surface area contributed by atoms with Gasteiger partial charge in [0.05, 0.1) is 0 Å². The van der Waals surface area contributed by atoms with Gasteiger partial charge in [0.1, 0.15) is 5.82 Å². The molecule has 4 heteroatoms. The Morgan fingerprint density at radius 1 is 1.40 bits per heavy atom. The number of likely N-dealkylation sites (tertiary alicyclic amines) is 1. The summed E-state index contributed by atoms with van der Waals surface area (Å²) >= 11 is 6.00. The average Bonchev–Trinajstić information content (AvgIpc) is 2.45. The zero-order chi connectivity index (χ0) is 14.5. The highest BCUT2D eigenvalue weighted by Gasteiger charge is 2.26. The molecule has 2 rings (SSSR count). The quantitative estimate of drug-likeness (QED) is 0.890. The van der Waals surface area contributed by atoms with E-state index in [0.29, 0.717) is 17.1 Å². The summed E-state index contributed by atoms with van der Waals surface area (Å²) in [4.78, 5) is 2.31. The van der Waals surface area contributed by atoms with Gasteiger partial charge in [-0.1, -0.05) is 31.4 Å². The van der Waals surface area contributed by atoms with Crippen LogP contribution in [0, 0.1) is 11.7 Å². The van der Waals surface area contributed by atoms with Crippen LogP contribution in [0.2, 0.25) is 5.02 Å². The lowest BCUT2D eigenvalue weighted by Gasteiger charge is -2.37. The minimum absolute atomic E-state index is 0.0590. The third kappa shape index (κ3) is 3.72. The van der Waals surface area contributed by atoms with Crippen molar-refractivity contribution in [1.82, 2.24) is 4.90 Å². The van der Waals surface area contributed by atoms with Crippen LogP contribution in [0.25, 0.3) is 0 Å². The van der Waals surface area contributed by atoms with E-state index in [1.807, 2.05) is 0 Å². The fourth-order valence-corrected chi connectivity index (χ4v) is 3.38. The molecule has 1 aliphatic heterocycles. The van der Waals surface area contributed by atoms with E-state index >= 15 is 0 Å². The molecule has 0 aliphatic carbocycles. The summed E-state index contributed by atoms with van der Waals surface area (Å²) < 4.78 is 14.0. The molecule has 1 fully saturated rings. The number of hydrogen-bond donors (Lipinski definition) is 1. The van der Waals surface area contributed by atoms with Crippen molar-refractivity contribution in [2.24, 2.45) is 11.7 Å². The van der Waals surface area contributed by atoms with Gasteiger partial charge < -0.3 is 5.73 Å². The van der Waals surface area contributed by atoms with Crippen LogP contribution < -0.4 is 5.73 Å². The van der Waals surface area contributed by atoms with Crippen LogP contribution in [0.3, 0.4) is 0 Å². The molecule has 0 saturated carbocycles. The zero-order valence-corrected chi connectivity index (χ0v) is 12.9. The van der Waals surface area contributed by atoms with Gasteiger partial charge in [0.25, 0.3) is 0 Å². The Morgan fingerprint density at radius 3 is 2.70 bits per heavy atom. The number of nitrogens with zero attached hydrogens (tertiary/aromatic N) is 1. The Balaban J connectivity index is 2.07. The van der Waals surface area contributed by atoms with E-state index in [1.54, 1.807) is 12.1 Å². The minimum atomic E-state index is -0.208. The molecular formula is C16H24ClFN2. The zero-order valence-electron chi connectivity index (χ0n) is 12.1. The van der Waals surface area contributed by atoms with Gasteiger partial charge in [-0.25, -0.2) is 4.39 Å². The van der Waals surface area contributed by atoms with Crippen molar-refractivity contribution in [2.75, 3.05) is 19.6 Å². The van der Waals surface area contributed by atoms with Crippen LogP contribution in [0.15, 0.2) is 18.2 Å². The molecule has 20 heavy (non-hydrogen) atoms. The van der Waals surface area contributed by atoms with Crippen molar-refractivity contribution in [3.8, 4) is 0 Å². The first-order valence-corrected chi connectivity index (χ1v) is 7.92. The van der Waals surface area contributed by atoms with Crippen molar-refractivity contribution in [3.05, 3.63) is 34.6 Å². The van der Waals surface area contributed by atoms with E-state index in [0.717, 1.165) is 19.0 Å². The van der Waals surface area contributed by atoms with Gasteiger partial charge in [0.2, 0.25) is 0 Å². The van der Waals surface area contributed by atoms with Crippen molar-refractivity contribution < 1.29 is 4.39 Å². The molecule has 2 nitrogen and oxygen atoms in total. The van der Waals surface area contributed by atoms with E-state index in [-0.39, 0.29) is 11.9 Å². The van der Waals surface area contributed by atoms with Gasteiger partial charge in [0.15, 0.2) is 0 Å². The highest BCUT2D eigenvalue weighted by Crippen LogP contribution is 2.30. The van der Waals surface area contributed by atoms with Crippen LogP contribution in [-0.2, 0) is 0 Å². The number of rotatable bonds is 5. The van der Waals surface area contributed by atoms with Crippen molar-refractivity contribution in [3.63, 3.8) is 0 Å². The average molecular weight is 299 g/mol. The molecule has 1 aromatic rings. The van der Waals surface area contributed by atoms with Crippen molar-refractivity contribution >= 4 is 11.6 Å². The van der Waals surface area contributed by atoms with Gasteiger partial charge in [-0.05, 0) is 50.0 Å². The summed E-state index contributed by atoms with van der Waals surface area (Å²) in [6, 6.07) is 4.68. The molecule has 1 aliphatic rings. The second-order valence-corrected chi connectivity index (χ2v) is 6.12. The molecule has 0 aromatic heterocycles. The second kappa shape index (κ2) is 7.39. The third-order valence-corrected chi connectivity index (χ3v) is 4.56. The fourth-order valence-electron chi connectivity index (χ4n) is 3.20. The maximum absolute atomic E-state index is 14.0. The first-order valence-electron chi connectivity index (χ1n) is 7.54. The Kier molecular flexibility index (Phi) is 5.82. The maximum Gasteiger partial charge on any atom is 0.128 e. The smallest absolute Gasteiger partial charge is 0.128 e. The Labute approximate surface area is 126 Å². The van der Waals surface area contributed by atoms with E-state index in [4.69, 9.17) is 17.3 Å². The van der Waals surface area contributed by atoms with E-state index in [2.05, 4.69) is 11.8 Å². The number of piperidine rings is 1. The Hall–Kier alpha value is -0.640. The van der Waals surface area contributed by atoms with Gasteiger partial charge in [-0.15, -0.1) is 0 Å². The number of hydrogen-bond acceptors (Lipinski definition) is 2. The highest BCUT2D eigenvalue weighted by molar-refractivity contribution is 6.30. The van der Waals surface area contributed by atoms with E-state index < -0.39 is 0 Å². The largest absolute Gasteiger partial charge is 0.329 e. The molecular weight excluding hydrogens is 275 g/mol. The van der Waals surface area contributed by atoms with Crippen LogP contribution in [0.4, 0.5) is 4.39 Å². The summed E-state index contributed by atoms with van der Waals surface area (Å²) in [6.07, 6.45) is 4.92. The van der Waals surface area contributed by atoms with Crippen LogP contribution >= 0.6 is 11.6 Å². The molecule has 0 spiro atoms. The number of benzene rings is 1. The third-order valence-electron chi connectivity index (χ3n) is 4.33. The van der Waals surface area contributed by atoms with Gasteiger partial charge in [0, 0.05) is 23.2 Å². The lowest BCUT2D eigenvalue weighted by Crippen LogP contribution is -2.40. The predicted octanol–water partition coefficient (Wildman–Crippen LogP) is 3.99. The normalized spacial score (nSPS) is 19.2. The SMILES string of the molecule is CCCC1CCN(C(CN)c2cc(Cl)ccc2F)CC1. The van der Waals surface area contributed by atoms with Crippen molar-refractivity contribution in [2.45, 2.75) is 38.6 Å². The molecule has 1 saturated heterocycles. The fraction of sp³-hybridized carbons (Fsp3) is 0.625. The first kappa shape index (κ1) is 15.7. The first-order chi connectivity index (χ1) is 9.65. The van der Waals surface area contributed by atoms with Crippen LogP contribution in [-0.4, -0.2) is 24.5 Å². The standard InChI is InChI=1S/C16H24ClFN2/c1-2-3-12-6-8-20(9-7-12)16(11-19)14-10-13(17)4-5-15(14)18/h4-5,10,12,16H,2-3,6-9,11,19H2,1H3. The molecule has 0 bridgehead atoms. The van der Waals surface area contributed by atoms with Crippen LogP contribution in [0.5, 0.6) is 0 Å². The summed E-state index contributed by atoms with van der Waals surface area (Å²) in [5, 5.41) is 0.570. The maximum atomic E-state index is 14.0. The summed E-state index contributed by atoms with van der Waals surface area (Å²) in [5.41, 5.74) is 6.53. The topological polar surface area (TPSA) is 29.3 Å². The van der Waals surface area contributed by atoms with Crippen LogP contribution in [0.1, 0.15) is 44.2 Å². The van der Waals surface area contributed by atoms with Gasteiger partial charge >= 0.3 is 0 Å². The molecule has 2 N–H and O–H groups in total. The van der Waals surface area contributed by atoms with E-state index in [9.17, 15) is 4.39 Å². The molecule has 1 heterocycles. The summed E-state index contributed by atoms with van der Waals surface area (Å²) in [6.45, 7) is 4.66.